The Morgan fingerprint density at radius 1 is 1.29 bits per heavy atom. The van der Waals surface area contributed by atoms with Gasteiger partial charge in [-0.15, -0.1) is 11.3 Å². The summed E-state index contributed by atoms with van der Waals surface area (Å²) in [5.41, 5.74) is 10.8. The van der Waals surface area contributed by atoms with E-state index in [-0.39, 0.29) is 0 Å². The smallest absolute Gasteiger partial charge is 0.124 e. The summed E-state index contributed by atoms with van der Waals surface area (Å²) in [7, 11) is 0. The molecule has 2 nitrogen and oxygen atoms in total. The van der Waals surface area contributed by atoms with Crippen molar-refractivity contribution < 1.29 is 0 Å². The highest BCUT2D eigenvalue weighted by Gasteiger charge is 2.14. The van der Waals surface area contributed by atoms with Gasteiger partial charge in [-0.3, -0.25) is 0 Å². The van der Waals surface area contributed by atoms with E-state index in [0.29, 0.717) is 6.54 Å². The van der Waals surface area contributed by atoms with Crippen LogP contribution in [0, 0.1) is 0 Å². The summed E-state index contributed by atoms with van der Waals surface area (Å²) in [4.78, 5) is 4.57. The molecule has 0 amide bonds. The number of aromatic nitrogens is 1. The Morgan fingerprint density at radius 2 is 2.12 bits per heavy atom. The van der Waals surface area contributed by atoms with Crippen LogP contribution in [0.1, 0.15) is 23.2 Å². The van der Waals surface area contributed by atoms with Gasteiger partial charge >= 0.3 is 0 Å². The van der Waals surface area contributed by atoms with Crippen LogP contribution in [0.25, 0.3) is 10.6 Å². The first kappa shape index (κ1) is 11.4. The van der Waals surface area contributed by atoms with E-state index in [4.69, 9.17) is 5.73 Å². The molecule has 1 aromatic carbocycles. The third-order valence-electron chi connectivity index (χ3n) is 3.19. The van der Waals surface area contributed by atoms with E-state index in [1.54, 1.807) is 11.3 Å². The third kappa shape index (κ3) is 2.05. The average molecular weight is 309 g/mol. The SMILES string of the molecule is NCc1nc(-c2ccc3c(c2)CCC3)sc1Br. The average Bonchev–Trinajstić information content (AvgIpc) is 2.93. The van der Waals surface area contributed by atoms with Crippen molar-refractivity contribution in [2.24, 2.45) is 5.73 Å². The van der Waals surface area contributed by atoms with E-state index in [1.165, 1.54) is 36.0 Å². The van der Waals surface area contributed by atoms with Gasteiger partial charge in [-0.05, 0) is 52.4 Å². The Bertz CT molecular complexity index is 563. The molecule has 1 aliphatic rings. The molecule has 0 unspecified atom stereocenters. The molecule has 0 spiro atoms. The second-order valence-corrected chi connectivity index (χ2v) is 6.60. The van der Waals surface area contributed by atoms with Gasteiger partial charge < -0.3 is 5.73 Å². The van der Waals surface area contributed by atoms with E-state index < -0.39 is 0 Å². The number of benzene rings is 1. The maximum Gasteiger partial charge on any atom is 0.124 e. The Kier molecular flexibility index (Phi) is 3.03. The molecule has 2 N–H and O–H groups in total. The molecule has 0 radical (unpaired) electrons. The van der Waals surface area contributed by atoms with Gasteiger partial charge in [0.15, 0.2) is 0 Å². The fourth-order valence-corrected chi connectivity index (χ4v) is 3.82. The van der Waals surface area contributed by atoms with Gasteiger partial charge in [-0.1, -0.05) is 12.1 Å². The van der Waals surface area contributed by atoms with E-state index in [0.717, 1.165) is 14.5 Å². The van der Waals surface area contributed by atoms with Crippen molar-refractivity contribution in [2.75, 3.05) is 0 Å². The monoisotopic (exact) mass is 308 g/mol. The molecule has 1 aromatic heterocycles. The van der Waals surface area contributed by atoms with Crippen LogP contribution >= 0.6 is 27.3 Å². The van der Waals surface area contributed by atoms with Crippen LogP contribution in [0.4, 0.5) is 0 Å². The van der Waals surface area contributed by atoms with Gasteiger partial charge in [0.05, 0.1) is 9.48 Å². The van der Waals surface area contributed by atoms with Gasteiger partial charge in [0.25, 0.3) is 0 Å². The predicted octanol–water partition coefficient (Wildman–Crippen LogP) is 3.52. The number of hydrogen-bond acceptors (Lipinski definition) is 3. The summed E-state index contributed by atoms with van der Waals surface area (Å²) in [6, 6.07) is 6.71. The summed E-state index contributed by atoms with van der Waals surface area (Å²) in [6.07, 6.45) is 3.72. The zero-order valence-corrected chi connectivity index (χ0v) is 11.8. The number of halogens is 1. The molecule has 0 fully saturated rings. The van der Waals surface area contributed by atoms with Crippen molar-refractivity contribution in [1.29, 1.82) is 0 Å². The van der Waals surface area contributed by atoms with Crippen LogP contribution in [0.3, 0.4) is 0 Å². The van der Waals surface area contributed by atoms with Crippen LogP contribution in [0.15, 0.2) is 22.0 Å². The highest BCUT2D eigenvalue weighted by molar-refractivity contribution is 9.11. The van der Waals surface area contributed by atoms with Crippen molar-refractivity contribution in [1.82, 2.24) is 4.98 Å². The topological polar surface area (TPSA) is 38.9 Å². The lowest BCUT2D eigenvalue weighted by molar-refractivity contribution is 0.912. The zero-order valence-electron chi connectivity index (χ0n) is 9.37. The van der Waals surface area contributed by atoms with Gasteiger partial charge in [0, 0.05) is 12.1 Å². The van der Waals surface area contributed by atoms with E-state index in [2.05, 4.69) is 39.1 Å². The minimum absolute atomic E-state index is 0.488. The van der Waals surface area contributed by atoms with Crippen molar-refractivity contribution in [3.63, 3.8) is 0 Å². The molecule has 0 aliphatic heterocycles. The Balaban J connectivity index is 2.03. The molecular weight excluding hydrogens is 296 g/mol. The zero-order chi connectivity index (χ0) is 11.8. The maximum absolute atomic E-state index is 5.65. The van der Waals surface area contributed by atoms with Crippen LogP contribution in [0.5, 0.6) is 0 Å². The number of thiazole rings is 1. The molecule has 0 saturated carbocycles. The molecule has 2 aromatic rings. The second-order valence-electron chi connectivity index (χ2n) is 4.28. The summed E-state index contributed by atoms with van der Waals surface area (Å²) in [5.74, 6) is 0. The maximum atomic E-state index is 5.65. The molecule has 0 atom stereocenters. The molecule has 0 bridgehead atoms. The summed E-state index contributed by atoms with van der Waals surface area (Å²) in [6.45, 7) is 0.488. The number of rotatable bonds is 2. The van der Waals surface area contributed by atoms with Crippen molar-refractivity contribution in [3.05, 3.63) is 38.8 Å². The minimum Gasteiger partial charge on any atom is -0.325 e. The molecule has 4 heteroatoms. The third-order valence-corrected chi connectivity index (χ3v) is 5.07. The summed E-state index contributed by atoms with van der Waals surface area (Å²) in [5, 5.41) is 1.06. The fourth-order valence-electron chi connectivity index (χ4n) is 2.29. The Morgan fingerprint density at radius 3 is 2.88 bits per heavy atom. The fraction of sp³-hybridized carbons (Fsp3) is 0.308. The van der Waals surface area contributed by atoms with Crippen LogP contribution < -0.4 is 5.73 Å². The number of hydrogen-bond donors (Lipinski definition) is 1. The molecule has 3 rings (SSSR count). The van der Waals surface area contributed by atoms with Crippen LogP contribution in [0.2, 0.25) is 0 Å². The van der Waals surface area contributed by atoms with Gasteiger partial charge in [-0.2, -0.15) is 0 Å². The van der Waals surface area contributed by atoms with Crippen LogP contribution in [-0.2, 0) is 19.4 Å². The van der Waals surface area contributed by atoms with Gasteiger partial charge in [0.1, 0.15) is 5.01 Å². The van der Waals surface area contributed by atoms with E-state index >= 15 is 0 Å². The van der Waals surface area contributed by atoms with Gasteiger partial charge in [0.2, 0.25) is 0 Å². The highest BCUT2D eigenvalue weighted by atomic mass is 79.9. The Labute approximate surface area is 113 Å². The lowest BCUT2D eigenvalue weighted by atomic mass is 10.1. The molecular formula is C13H13BrN2S. The molecule has 88 valence electrons. The van der Waals surface area contributed by atoms with Gasteiger partial charge in [-0.25, -0.2) is 4.98 Å². The number of nitrogens with two attached hydrogens (primary N) is 1. The largest absolute Gasteiger partial charge is 0.325 e. The number of aryl methyl sites for hydroxylation is 2. The Hall–Kier alpha value is -0.710. The lowest BCUT2D eigenvalue weighted by Gasteiger charge is -2.01. The lowest BCUT2D eigenvalue weighted by Crippen LogP contribution is -1.96. The standard InChI is InChI=1S/C13H13BrN2S/c14-12-11(7-15)16-13(17-12)10-5-4-8-2-1-3-9(8)6-10/h4-6H,1-3,7,15H2. The van der Waals surface area contributed by atoms with Crippen LogP contribution in [-0.4, -0.2) is 4.98 Å². The highest BCUT2D eigenvalue weighted by Crippen LogP contribution is 2.34. The minimum atomic E-state index is 0.488. The van der Waals surface area contributed by atoms with Crippen molar-refractivity contribution in [2.45, 2.75) is 25.8 Å². The summed E-state index contributed by atoms with van der Waals surface area (Å²) < 4.78 is 1.05. The quantitative estimate of drug-likeness (QED) is 0.922. The normalized spacial score (nSPS) is 14.0. The first-order valence-corrected chi connectivity index (χ1v) is 7.36. The second kappa shape index (κ2) is 4.52. The molecule has 1 heterocycles. The first-order chi connectivity index (χ1) is 8.28. The molecule has 17 heavy (non-hydrogen) atoms. The first-order valence-electron chi connectivity index (χ1n) is 5.75. The van der Waals surface area contributed by atoms with E-state index in [1.807, 2.05) is 0 Å². The van der Waals surface area contributed by atoms with Crippen molar-refractivity contribution in [3.8, 4) is 10.6 Å². The number of fused-ring (bicyclic) bond motifs is 1. The predicted molar refractivity (Wildman–Crippen MR) is 75.2 cm³/mol. The van der Waals surface area contributed by atoms with E-state index in [9.17, 15) is 0 Å². The molecule has 0 saturated heterocycles. The number of nitrogens with zero attached hydrogens (tertiary/aromatic N) is 1. The molecule has 1 aliphatic carbocycles. The summed E-state index contributed by atoms with van der Waals surface area (Å²) >= 11 is 5.18. The van der Waals surface area contributed by atoms with Crippen molar-refractivity contribution >= 4 is 27.3 Å².